The molecule has 41 heavy (non-hydrogen) atoms. The van der Waals surface area contributed by atoms with Crippen LogP contribution in [-0.2, 0) is 37.6 Å². The second-order valence-corrected chi connectivity index (χ2v) is 11.7. The summed E-state index contributed by atoms with van der Waals surface area (Å²) in [6.07, 6.45) is 2.04. The average molecular weight is 621 g/mol. The van der Waals surface area contributed by atoms with Crippen LogP contribution in [0, 0.1) is 0 Å². The van der Waals surface area contributed by atoms with Gasteiger partial charge in [0.15, 0.2) is 23.6 Å². The molecule has 0 aliphatic carbocycles. The normalized spacial score (nSPS) is 19.5. The number of nitrogens with one attached hydrogen (secondary N) is 1. The zero-order chi connectivity index (χ0) is 29.6. The summed E-state index contributed by atoms with van der Waals surface area (Å²) in [5, 5.41) is 31.0. The van der Waals surface area contributed by atoms with Gasteiger partial charge in [0.25, 0.3) is 17.3 Å². The van der Waals surface area contributed by atoms with Gasteiger partial charge in [-0.05, 0) is 13.0 Å². The number of halogens is 1. The van der Waals surface area contributed by atoms with Crippen molar-refractivity contribution in [2.75, 3.05) is 11.5 Å². The van der Waals surface area contributed by atoms with Crippen molar-refractivity contribution in [3.8, 4) is 0 Å². The van der Waals surface area contributed by atoms with E-state index in [4.69, 9.17) is 27.3 Å². The van der Waals surface area contributed by atoms with E-state index in [1.165, 1.54) is 18.7 Å². The number of hydrogen-bond donors (Lipinski definition) is 3. The van der Waals surface area contributed by atoms with Gasteiger partial charge in [-0.1, -0.05) is 28.1 Å². The number of thiazole rings is 1. The first-order valence-corrected chi connectivity index (χ1v) is 14.1. The highest BCUT2D eigenvalue weighted by atomic mass is 35.5. The number of β-lactam (4-membered cyclic amide) rings is 1. The summed E-state index contributed by atoms with van der Waals surface area (Å²) in [6, 6.07) is 2.56. The molecular weight excluding hydrogens is 600 g/mol. The van der Waals surface area contributed by atoms with Crippen LogP contribution in [0.25, 0.3) is 11.0 Å². The number of fused-ring (bicyclic) bond motifs is 2. The van der Waals surface area contributed by atoms with Crippen LogP contribution < -0.4 is 20.7 Å². The van der Waals surface area contributed by atoms with Gasteiger partial charge in [0.1, 0.15) is 33.2 Å². The van der Waals surface area contributed by atoms with Crippen LogP contribution in [0.4, 0.5) is 5.13 Å². The molecule has 214 valence electrons. The van der Waals surface area contributed by atoms with Crippen molar-refractivity contribution < 1.29 is 38.8 Å². The number of aryl methyl sites for hydroxylation is 1. The fourth-order valence-corrected chi connectivity index (χ4v) is 6.61. The second kappa shape index (κ2) is 11.0. The number of carbonyl (C=O) groups excluding carboxylic acids is 3. The number of thioether (sulfide) groups is 1. The first-order valence-electron chi connectivity index (χ1n) is 11.9. The van der Waals surface area contributed by atoms with Crippen LogP contribution in [0.1, 0.15) is 12.6 Å². The molecule has 3 aromatic rings. The Labute approximate surface area is 244 Å². The Hall–Kier alpha value is -4.22. The molecule has 2 aliphatic rings. The highest BCUT2D eigenvalue weighted by Gasteiger charge is 2.53. The Kier molecular flexibility index (Phi) is 7.58. The topological polar surface area (TPSA) is 209 Å². The van der Waals surface area contributed by atoms with Crippen molar-refractivity contribution in [3.63, 3.8) is 0 Å². The molecule has 0 radical (unpaired) electrons. The van der Waals surface area contributed by atoms with Crippen LogP contribution in [0.5, 0.6) is 0 Å². The van der Waals surface area contributed by atoms with Crippen molar-refractivity contribution in [2.45, 2.75) is 31.0 Å². The average Bonchev–Trinajstić information content (AvgIpc) is 3.47. The number of pyridine rings is 1. The zero-order valence-electron chi connectivity index (χ0n) is 21.3. The van der Waals surface area contributed by atoms with Crippen molar-refractivity contribution in [2.24, 2.45) is 12.2 Å². The van der Waals surface area contributed by atoms with Crippen LogP contribution in [-0.4, -0.2) is 77.5 Å². The number of carbonyl (C=O) groups is 4. The summed E-state index contributed by atoms with van der Waals surface area (Å²) < 4.78 is 3.51. The van der Waals surface area contributed by atoms with Crippen molar-refractivity contribution in [1.29, 1.82) is 0 Å². The number of anilines is 1. The molecule has 5 rings (SSSR count). The molecule has 3 aromatic heterocycles. The summed E-state index contributed by atoms with van der Waals surface area (Å²) in [7, 11) is 1.79. The summed E-state index contributed by atoms with van der Waals surface area (Å²) in [5.74, 6) is -4.25. The van der Waals surface area contributed by atoms with Gasteiger partial charge in [-0.25, -0.2) is 9.78 Å². The predicted molar refractivity (Wildman–Crippen MR) is 144 cm³/mol. The Morgan fingerprint density at radius 2 is 2.20 bits per heavy atom. The first kappa shape index (κ1) is 28.3. The molecule has 1 fully saturated rings. The standard InChI is InChI=1S/C23H21ClN8O7S2/c1-9(21(35)36)39-29-14(13-17(24)41-23(25)28-13)18(33)27-15-19(34)32-16(22(37)38)10(8-40-20(15)32)7-31-5-3-4-11-12(31)6-26-30(11)2/h3-6,9,15,20H,7-8H2,1-2H3,(H4-,25,27,28,33,35,36,37,38)/b29-14-/t9-,15+,20?/m0/s1. The van der Waals surface area contributed by atoms with Gasteiger partial charge in [0.05, 0.1) is 11.7 Å². The highest BCUT2D eigenvalue weighted by molar-refractivity contribution is 8.00. The lowest BCUT2D eigenvalue weighted by Crippen LogP contribution is -2.71. The maximum Gasteiger partial charge on any atom is 0.347 e. The number of carboxylic acids is 2. The summed E-state index contributed by atoms with van der Waals surface area (Å²) in [6.45, 7) is 1.37. The number of nitrogen functional groups attached to an aromatic ring is 1. The summed E-state index contributed by atoms with van der Waals surface area (Å²) in [5.41, 5.74) is 6.82. The van der Waals surface area contributed by atoms with E-state index < -0.39 is 47.0 Å². The van der Waals surface area contributed by atoms with E-state index in [0.717, 1.165) is 27.3 Å². The fraction of sp³-hybridized carbons (Fsp3) is 0.304. The van der Waals surface area contributed by atoms with E-state index in [-0.39, 0.29) is 33.2 Å². The van der Waals surface area contributed by atoms with Crippen molar-refractivity contribution in [3.05, 3.63) is 45.8 Å². The second-order valence-electron chi connectivity index (χ2n) is 8.98. The quantitative estimate of drug-likeness (QED) is 0.113. The summed E-state index contributed by atoms with van der Waals surface area (Å²) in [4.78, 5) is 59.7. The lowest BCUT2D eigenvalue weighted by molar-refractivity contribution is -0.663. The van der Waals surface area contributed by atoms with Gasteiger partial charge in [-0.15, -0.1) is 11.8 Å². The van der Waals surface area contributed by atoms with Crippen LogP contribution in [0.3, 0.4) is 0 Å². The number of aliphatic carboxylic acids is 2. The number of aromatic nitrogens is 4. The Morgan fingerprint density at radius 3 is 2.85 bits per heavy atom. The fourth-order valence-electron chi connectivity index (χ4n) is 4.35. The van der Waals surface area contributed by atoms with E-state index in [1.54, 1.807) is 24.1 Å². The largest absolute Gasteiger partial charge is 0.543 e. The third kappa shape index (κ3) is 5.18. The number of carboxylic acid groups (broad SMARTS) is 2. The maximum absolute atomic E-state index is 13.2. The van der Waals surface area contributed by atoms with Crippen molar-refractivity contribution in [1.82, 2.24) is 25.0 Å². The SMILES string of the molecule is C[C@H](O/N=C(\C(=O)N[C@@H]1C(=O)N2C(C(=O)[O-])=C(C[n+]3cccc4c3cnn4C)CSC12)c1nc(N)sc1Cl)C(=O)O. The van der Waals surface area contributed by atoms with Gasteiger partial charge < -0.3 is 30.9 Å². The minimum atomic E-state index is -1.52. The lowest BCUT2D eigenvalue weighted by Gasteiger charge is -2.50. The highest BCUT2D eigenvalue weighted by Crippen LogP contribution is 2.40. The first-order chi connectivity index (χ1) is 19.5. The maximum atomic E-state index is 13.2. The van der Waals surface area contributed by atoms with Gasteiger partial charge in [0.2, 0.25) is 6.10 Å². The number of rotatable bonds is 9. The van der Waals surface area contributed by atoms with Crippen LogP contribution in [0.15, 0.2) is 41.0 Å². The number of nitrogens with two attached hydrogens (primary N) is 1. The molecule has 15 nitrogen and oxygen atoms in total. The van der Waals surface area contributed by atoms with Gasteiger partial charge in [-0.3, -0.25) is 19.2 Å². The number of nitrogens with zero attached hydrogens (tertiary/aromatic N) is 6. The van der Waals surface area contributed by atoms with Gasteiger partial charge in [-0.2, -0.15) is 9.67 Å². The molecule has 5 heterocycles. The molecule has 1 saturated heterocycles. The zero-order valence-corrected chi connectivity index (χ0v) is 23.7. The molecule has 0 aromatic carbocycles. The molecule has 2 amide bonds. The lowest BCUT2D eigenvalue weighted by atomic mass is 10.0. The van der Waals surface area contributed by atoms with E-state index in [9.17, 15) is 24.3 Å². The number of hydrogen-bond acceptors (Lipinski definition) is 12. The molecule has 2 aliphatic heterocycles. The molecule has 3 atom stereocenters. The van der Waals surface area contributed by atoms with Crippen molar-refractivity contribution >= 4 is 80.3 Å². The minimum Gasteiger partial charge on any atom is -0.543 e. The third-order valence-corrected chi connectivity index (χ3v) is 8.80. The smallest absolute Gasteiger partial charge is 0.347 e. The van der Waals surface area contributed by atoms with E-state index in [0.29, 0.717) is 5.57 Å². The number of amides is 2. The van der Waals surface area contributed by atoms with E-state index in [1.807, 2.05) is 16.7 Å². The minimum absolute atomic E-state index is 0.00969. The van der Waals surface area contributed by atoms with Gasteiger partial charge in [0, 0.05) is 24.4 Å². The molecular formula is C23H21ClN8O7S2. The van der Waals surface area contributed by atoms with Crippen LogP contribution in [0.2, 0.25) is 4.34 Å². The molecule has 0 spiro atoms. The molecule has 0 saturated carbocycles. The number of oxime groups is 1. The van der Waals surface area contributed by atoms with Crippen LogP contribution >= 0.6 is 34.7 Å². The summed E-state index contributed by atoms with van der Waals surface area (Å²) >= 11 is 8.25. The Morgan fingerprint density at radius 1 is 1.44 bits per heavy atom. The molecule has 4 N–H and O–H groups in total. The third-order valence-electron chi connectivity index (χ3n) is 6.37. The predicted octanol–water partition coefficient (Wildman–Crippen LogP) is -1.15. The molecule has 1 unspecified atom stereocenters. The van der Waals surface area contributed by atoms with Gasteiger partial charge >= 0.3 is 5.97 Å². The molecule has 18 heteroatoms. The Bertz CT molecular complexity index is 1670. The monoisotopic (exact) mass is 620 g/mol. The molecule has 0 bridgehead atoms. The Balaban J connectivity index is 1.39. The van der Waals surface area contributed by atoms with E-state index >= 15 is 0 Å². The van der Waals surface area contributed by atoms with E-state index in [2.05, 4.69) is 20.6 Å².